The number of urea groups is 1. The molecule has 0 saturated heterocycles. The first-order chi connectivity index (χ1) is 12.1. The van der Waals surface area contributed by atoms with Crippen LogP contribution in [0.15, 0.2) is 24.3 Å². The Balaban J connectivity index is 1.31. The molecule has 1 aromatic carbocycles. The molecule has 1 aliphatic heterocycles. The Hall–Kier alpha value is -2.24. The van der Waals surface area contributed by atoms with E-state index in [1.54, 1.807) is 0 Å². The van der Waals surface area contributed by atoms with Crippen LogP contribution in [-0.2, 0) is 11.2 Å². The number of carboxylic acid groups (broad SMARTS) is 1. The number of benzene rings is 1. The van der Waals surface area contributed by atoms with Crippen molar-refractivity contribution in [3.05, 3.63) is 29.8 Å². The SMILES string of the molecule is O=C(NCCCN1CCc2ccccc21)NC1CCC(C(=O)O)CC1. The number of nitrogens with one attached hydrogen (secondary N) is 2. The topological polar surface area (TPSA) is 81.7 Å². The van der Waals surface area contributed by atoms with Crippen molar-refractivity contribution in [2.45, 2.75) is 44.6 Å². The fraction of sp³-hybridized carbons (Fsp3) is 0.579. The average Bonchev–Trinajstić information content (AvgIpc) is 3.02. The highest BCUT2D eigenvalue weighted by Gasteiger charge is 2.26. The first-order valence-corrected chi connectivity index (χ1v) is 9.23. The molecular weight excluding hydrogens is 318 g/mol. The van der Waals surface area contributed by atoms with Gasteiger partial charge in [-0.2, -0.15) is 0 Å². The Morgan fingerprint density at radius 2 is 1.92 bits per heavy atom. The van der Waals surface area contributed by atoms with Crippen LogP contribution in [0.25, 0.3) is 0 Å². The lowest BCUT2D eigenvalue weighted by Crippen LogP contribution is -2.44. The molecule has 1 heterocycles. The lowest BCUT2D eigenvalue weighted by Gasteiger charge is -2.27. The van der Waals surface area contributed by atoms with Gasteiger partial charge in [0.25, 0.3) is 0 Å². The van der Waals surface area contributed by atoms with Gasteiger partial charge in [-0.1, -0.05) is 18.2 Å². The number of rotatable bonds is 6. The Kier molecular flexibility index (Phi) is 5.79. The number of para-hydroxylation sites is 1. The van der Waals surface area contributed by atoms with Crippen LogP contribution in [0.1, 0.15) is 37.7 Å². The molecule has 1 aromatic rings. The highest BCUT2D eigenvalue weighted by Crippen LogP contribution is 2.27. The fourth-order valence-corrected chi connectivity index (χ4v) is 3.83. The van der Waals surface area contributed by atoms with Gasteiger partial charge in [0.2, 0.25) is 0 Å². The molecule has 3 N–H and O–H groups in total. The standard InChI is InChI=1S/C19H27N3O3/c23-18(24)15-6-8-16(9-7-15)21-19(25)20-11-3-12-22-13-10-14-4-1-2-5-17(14)22/h1-2,4-5,15-16H,3,6-13H2,(H,23,24)(H2,20,21,25). The summed E-state index contributed by atoms with van der Waals surface area (Å²) in [5.41, 5.74) is 2.73. The van der Waals surface area contributed by atoms with Gasteiger partial charge in [0.15, 0.2) is 0 Å². The van der Waals surface area contributed by atoms with E-state index in [1.807, 2.05) is 0 Å². The van der Waals surface area contributed by atoms with Gasteiger partial charge in [0.05, 0.1) is 5.92 Å². The zero-order valence-corrected chi connectivity index (χ0v) is 14.5. The van der Waals surface area contributed by atoms with Gasteiger partial charge >= 0.3 is 12.0 Å². The zero-order chi connectivity index (χ0) is 17.6. The number of aliphatic carboxylic acids is 1. The molecule has 0 spiro atoms. The van der Waals surface area contributed by atoms with E-state index in [9.17, 15) is 9.59 Å². The van der Waals surface area contributed by atoms with Crippen LogP contribution in [0, 0.1) is 5.92 Å². The number of hydrogen-bond acceptors (Lipinski definition) is 3. The Labute approximate surface area is 148 Å². The van der Waals surface area contributed by atoms with Crippen molar-refractivity contribution in [3.8, 4) is 0 Å². The second kappa shape index (κ2) is 8.23. The highest BCUT2D eigenvalue weighted by atomic mass is 16.4. The number of carbonyl (C=O) groups is 2. The van der Waals surface area contributed by atoms with Gasteiger partial charge in [-0.25, -0.2) is 4.79 Å². The van der Waals surface area contributed by atoms with Crippen molar-refractivity contribution in [3.63, 3.8) is 0 Å². The lowest BCUT2D eigenvalue weighted by atomic mass is 9.86. The number of anilines is 1. The van der Waals surface area contributed by atoms with E-state index >= 15 is 0 Å². The maximum atomic E-state index is 12.0. The monoisotopic (exact) mass is 345 g/mol. The summed E-state index contributed by atoms with van der Waals surface area (Å²) in [5.74, 6) is -0.962. The van der Waals surface area contributed by atoms with Crippen LogP contribution in [0.4, 0.5) is 10.5 Å². The third-order valence-electron chi connectivity index (χ3n) is 5.29. The van der Waals surface area contributed by atoms with E-state index < -0.39 is 5.97 Å². The van der Waals surface area contributed by atoms with E-state index in [2.05, 4.69) is 39.8 Å². The van der Waals surface area contributed by atoms with Gasteiger partial charge in [0, 0.05) is 31.4 Å². The van der Waals surface area contributed by atoms with Gasteiger partial charge in [-0.3, -0.25) is 4.79 Å². The van der Waals surface area contributed by atoms with Crippen LogP contribution in [0.2, 0.25) is 0 Å². The summed E-state index contributed by atoms with van der Waals surface area (Å²) in [5, 5.41) is 14.9. The van der Waals surface area contributed by atoms with E-state index in [4.69, 9.17) is 5.11 Å². The first-order valence-electron chi connectivity index (χ1n) is 9.23. The maximum absolute atomic E-state index is 12.0. The number of fused-ring (bicyclic) bond motifs is 1. The molecule has 2 aliphatic rings. The third kappa shape index (κ3) is 4.65. The van der Waals surface area contributed by atoms with Crippen LogP contribution in [0.5, 0.6) is 0 Å². The average molecular weight is 345 g/mol. The van der Waals surface area contributed by atoms with E-state index in [0.29, 0.717) is 19.4 Å². The van der Waals surface area contributed by atoms with Crippen LogP contribution < -0.4 is 15.5 Å². The van der Waals surface area contributed by atoms with E-state index in [0.717, 1.165) is 38.8 Å². The molecule has 1 saturated carbocycles. The van der Waals surface area contributed by atoms with E-state index in [1.165, 1.54) is 11.3 Å². The Morgan fingerprint density at radius 1 is 1.16 bits per heavy atom. The summed E-state index contributed by atoms with van der Waals surface area (Å²) in [7, 11) is 0. The summed E-state index contributed by atoms with van der Waals surface area (Å²) < 4.78 is 0. The zero-order valence-electron chi connectivity index (χ0n) is 14.5. The van der Waals surface area contributed by atoms with Crippen molar-refractivity contribution < 1.29 is 14.7 Å². The van der Waals surface area contributed by atoms with Crippen LogP contribution >= 0.6 is 0 Å². The molecule has 3 rings (SSSR count). The lowest BCUT2D eigenvalue weighted by molar-refractivity contribution is -0.142. The molecule has 1 fully saturated rings. The smallest absolute Gasteiger partial charge is 0.315 e. The van der Waals surface area contributed by atoms with Crippen LogP contribution in [0.3, 0.4) is 0 Å². The summed E-state index contributed by atoms with van der Waals surface area (Å²) >= 11 is 0. The van der Waals surface area contributed by atoms with Crippen molar-refractivity contribution in [2.24, 2.45) is 5.92 Å². The van der Waals surface area contributed by atoms with Crippen molar-refractivity contribution in [1.82, 2.24) is 10.6 Å². The van der Waals surface area contributed by atoms with Gasteiger partial charge < -0.3 is 20.6 Å². The number of carbonyl (C=O) groups excluding carboxylic acids is 1. The van der Waals surface area contributed by atoms with Gasteiger partial charge in [-0.05, 0) is 50.2 Å². The van der Waals surface area contributed by atoms with Crippen molar-refractivity contribution >= 4 is 17.7 Å². The molecule has 25 heavy (non-hydrogen) atoms. The highest BCUT2D eigenvalue weighted by molar-refractivity contribution is 5.74. The van der Waals surface area contributed by atoms with Crippen molar-refractivity contribution in [1.29, 1.82) is 0 Å². The minimum absolute atomic E-state index is 0.0982. The number of hydrogen-bond donors (Lipinski definition) is 3. The summed E-state index contributed by atoms with van der Waals surface area (Å²) in [6.07, 6.45) is 4.80. The Bertz CT molecular complexity index is 612. The second-order valence-electron chi connectivity index (χ2n) is 7.01. The van der Waals surface area contributed by atoms with Gasteiger partial charge in [-0.15, -0.1) is 0 Å². The summed E-state index contributed by atoms with van der Waals surface area (Å²) in [6, 6.07) is 8.46. The normalized spacial score (nSPS) is 22.3. The minimum atomic E-state index is -0.716. The van der Waals surface area contributed by atoms with Crippen LogP contribution in [-0.4, -0.2) is 42.8 Å². The molecule has 0 atom stereocenters. The van der Waals surface area contributed by atoms with Crippen molar-refractivity contribution in [2.75, 3.05) is 24.5 Å². The molecule has 6 nitrogen and oxygen atoms in total. The quantitative estimate of drug-likeness (QED) is 0.692. The summed E-state index contributed by atoms with van der Waals surface area (Å²) in [4.78, 5) is 25.3. The molecule has 2 amide bonds. The predicted octanol–water partition coefficient (Wildman–Crippen LogP) is 2.38. The molecule has 136 valence electrons. The molecule has 0 bridgehead atoms. The molecule has 1 aliphatic carbocycles. The second-order valence-corrected chi connectivity index (χ2v) is 7.01. The minimum Gasteiger partial charge on any atom is -0.481 e. The number of amides is 2. The first kappa shape index (κ1) is 17.6. The molecule has 0 unspecified atom stereocenters. The number of carboxylic acids is 1. The third-order valence-corrected chi connectivity index (χ3v) is 5.29. The maximum Gasteiger partial charge on any atom is 0.315 e. The largest absolute Gasteiger partial charge is 0.481 e. The Morgan fingerprint density at radius 3 is 2.68 bits per heavy atom. The molecule has 0 aromatic heterocycles. The molecule has 0 radical (unpaired) electrons. The molecule has 6 heteroatoms. The molecular formula is C19H27N3O3. The van der Waals surface area contributed by atoms with E-state index in [-0.39, 0.29) is 18.0 Å². The predicted molar refractivity (Wildman–Crippen MR) is 96.9 cm³/mol. The number of nitrogens with zero attached hydrogens (tertiary/aromatic N) is 1. The fourth-order valence-electron chi connectivity index (χ4n) is 3.83. The van der Waals surface area contributed by atoms with Gasteiger partial charge in [0.1, 0.15) is 0 Å². The summed E-state index contributed by atoms with van der Waals surface area (Å²) in [6.45, 7) is 2.65.